The number of pyridine rings is 1. The molecular weight excluding hydrogens is 188 g/mol. The Morgan fingerprint density at radius 1 is 1.40 bits per heavy atom. The molecule has 0 aliphatic rings. The molecule has 0 aliphatic heterocycles. The minimum Gasteiger partial charge on any atom is -0.324 e. The molecule has 0 saturated carbocycles. The molecule has 4 nitrogen and oxygen atoms in total. The SMILES string of the molecule is Cc1ccn(-c2cc(C(C)N)ccn2)n1. The molecule has 0 fully saturated rings. The Bertz CT molecular complexity index is 459. The normalized spacial score (nSPS) is 12.7. The van der Waals surface area contributed by atoms with Gasteiger partial charge in [0.05, 0.1) is 5.69 Å². The van der Waals surface area contributed by atoms with E-state index in [1.165, 1.54) is 0 Å². The summed E-state index contributed by atoms with van der Waals surface area (Å²) in [5, 5.41) is 4.29. The minimum absolute atomic E-state index is 0.0170. The molecule has 0 aromatic carbocycles. The van der Waals surface area contributed by atoms with Crippen LogP contribution in [-0.2, 0) is 0 Å². The Labute approximate surface area is 88.8 Å². The number of nitrogens with zero attached hydrogens (tertiary/aromatic N) is 3. The van der Waals surface area contributed by atoms with Crippen LogP contribution in [0.25, 0.3) is 5.82 Å². The summed E-state index contributed by atoms with van der Waals surface area (Å²) in [5.41, 5.74) is 7.85. The van der Waals surface area contributed by atoms with Crippen molar-refractivity contribution in [1.82, 2.24) is 14.8 Å². The molecule has 4 heteroatoms. The fraction of sp³-hybridized carbons (Fsp3) is 0.273. The molecule has 0 radical (unpaired) electrons. The van der Waals surface area contributed by atoms with Gasteiger partial charge in [-0.15, -0.1) is 0 Å². The number of hydrogen-bond acceptors (Lipinski definition) is 3. The van der Waals surface area contributed by atoms with Crippen molar-refractivity contribution in [2.24, 2.45) is 5.73 Å². The molecule has 1 atom stereocenters. The first kappa shape index (κ1) is 9.86. The molecule has 15 heavy (non-hydrogen) atoms. The Morgan fingerprint density at radius 3 is 2.80 bits per heavy atom. The van der Waals surface area contributed by atoms with Crippen LogP contribution < -0.4 is 5.73 Å². The lowest BCUT2D eigenvalue weighted by Gasteiger charge is -2.07. The van der Waals surface area contributed by atoms with E-state index < -0.39 is 0 Å². The fourth-order valence-corrected chi connectivity index (χ4v) is 1.39. The summed E-state index contributed by atoms with van der Waals surface area (Å²) >= 11 is 0. The van der Waals surface area contributed by atoms with E-state index in [2.05, 4.69) is 10.1 Å². The number of hydrogen-bond donors (Lipinski definition) is 1. The maximum Gasteiger partial charge on any atom is 0.153 e. The summed E-state index contributed by atoms with van der Waals surface area (Å²) in [5.74, 6) is 0.804. The molecule has 0 aliphatic carbocycles. The van der Waals surface area contributed by atoms with E-state index >= 15 is 0 Å². The van der Waals surface area contributed by atoms with E-state index in [0.717, 1.165) is 17.1 Å². The second-order valence-corrected chi connectivity index (χ2v) is 3.64. The maximum atomic E-state index is 5.81. The molecule has 78 valence electrons. The van der Waals surface area contributed by atoms with Crippen molar-refractivity contribution in [3.05, 3.63) is 41.9 Å². The van der Waals surface area contributed by atoms with Crippen LogP contribution in [0.15, 0.2) is 30.6 Å². The number of rotatable bonds is 2. The molecule has 0 saturated heterocycles. The summed E-state index contributed by atoms with van der Waals surface area (Å²) in [4.78, 5) is 4.25. The zero-order chi connectivity index (χ0) is 10.8. The zero-order valence-electron chi connectivity index (χ0n) is 8.88. The zero-order valence-corrected chi connectivity index (χ0v) is 8.88. The van der Waals surface area contributed by atoms with Crippen LogP contribution in [0, 0.1) is 6.92 Å². The van der Waals surface area contributed by atoms with Gasteiger partial charge in [0.2, 0.25) is 0 Å². The summed E-state index contributed by atoms with van der Waals surface area (Å²) < 4.78 is 1.75. The average Bonchev–Trinajstić information content (AvgIpc) is 2.65. The van der Waals surface area contributed by atoms with E-state index in [9.17, 15) is 0 Å². The largest absolute Gasteiger partial charge is 0.324 e. The summed E-state index contributed by atoms with van der Waals surface area (Å²) in [6.45, 7) is 3.90. The topological polar surface area (TPSA) is 56.7 Å². The van der Waals surface area contributed by atoms with Gasteiger partial charge < -0.3 is 5.73 Å². The lowest BCUT2D eigenvalue weighted by molar-refractivity contribution is 0.792. The number of aromatic nitrogens is 3. The van der Waals surface area contributed by atoms with Crippen molar-refractivity contribution < 1.29 is 0 Å². The van der Waals surface area contributed by atoms with Crippen molar-refractivity contribution in [2.75, 3.05) is 0 Å². The van der Waals surface area contributed by atoms with E-state index in [-0.39, 0.29) is 6.04 Å². The van der Waals surface area contributed by atoms with Gasteiger partial charge >= 0.3 is 0 Å². The molecule has 2 heterocycles. The quantitative estimate of drug-likeness (QED) is 0.804. The van der Waals surface area contributed by atoms with E-state index in [4.69, 9.17) is 5.73 Å². The van der Waals surface area contributed by atoms with Gasteiger partial charge in [-0.2, -0.15) is 5.10 Å². The van der Waals surface area contributed by atoms with Crippen LogP contribution in [0.1, 0.15) is 24.2 Å². The predicted molar refractivity (Wildman–Crippen MR) is 58.7 cm³/mol. The molecule has 2 rings (SSSR count). The Hall–Kier alpha value is -1.68. The monoisotopic (exact) mass is 202 g/mol. The van der Waals surface area contributed by atoms with Crippen LogP contribution in [0.2, 0.25) is 0 Å². The van der Waals surface area contributed by atoms with Crippen molar-refractivity contribution in [2.45, 2.75) is 19.9 Å². The van der Waals surface area contributed by atoms with E-state index in [1.54, 1.807) is 10.9 Å². The van der Waals surface area contributed by atoms with Crippen LogP contribution in [0.3, 0.4) is 0 Å². The Morgan fingerprint density at radius 2 is 2.20 bits per heavy atom. The Kier molecular flexibility index (Phi) is 2.51. The summed E-state index contributed by atoms with van der Waals surface area (Å²) in [7, 11) is 0. The van der Waals surface area contributed by atoms with Gasteiger partial charge in [-0.3, -0.25) is 0 Å². The van der Waals surface area contributed by atoms with E-state index in [0.29, 0.717) is 0 Å². The van der Waals surface area contributed by atoms with Crippen LogP contribution >= 0.6 is 0 Å². The smallest absolute Gasteiger partial charge is 0.153 e. The summed E-state index contributed by atoms with van der Waals surface area (Å²) in [6, 6.07) is 5.84. The van der Waals surface area contributed by atoms with Gasteiger partial charge in [0, 0.05) is 18.4 Å². The van der Waals surface area contributed by atoms with E-state index in [1.807, 2.05) is 38.2 Å². The first-order valence-electron chi connectivity index (χ1n) is 4.91. The van der Waals surface area contributed by atoms with Crippen molar-refractivity contribution in [1.29, 1.82) is 0 Å². The van der Waals surface area contributed by atoms with Gasteiger partial charge in [0.15, 0.2) is 5.82 Å². The highest BCUT2D eigenvalue weighted by molar-refractivity contribution is 5.28. The fourth-order valence-electron chi connectivity index (χ4n) is 1.39. The number of nitrogens with two attached hydrogens (primary N) is 1. The van der Waals surface area contributed by atoms with Gasteiger partial charge in [0.25, 0.3) is 0 Å². The Balaban J connectivity index is 2.41. The molecule has 0 amide bonds. The third-order valence-electron chi connectivity index (χ3n) is 2.25. The number of aryl methyl sites for hydroxylation is 1. The van der Waals surface area contributed by atoms with Crippen molar-refractivity contribution in [3.63, 3.8) is 0 Å². The highest BCUT2D eigenvalue weighted by atomic mass is 15.3. The first-order chi connectivity index (χ1) is 7.16. The molecule has 2 N–H and O–H groups in total. The molecule has 1 unspecified atom stereocenters. The highest BCUT2D eigenvalue weighted by Crippen LogP contribution is 2.12. The molecular formula is C11H14N4. The lowest BCUT2D eigenvalue weighted by Crippen LogP contribution is -2.07. The van der Waals surface area contributed by atoms with Crippen LogP contribution in [-0.4, -0.2) is 14.8 Å². The third-order valence-corrected chi connectivity index (χ3v) is 2.25. The first-order valence-corrected chi connectivity index (χ1v) is 4.91. The second kappa shape index (κ2) is 3.82. The third kappa shape index (κ3) is 2.05. The van der Waals surface area contributed by atoms with Crippen molar-refractivity contribution >= 4 is 0 Å². The lowest BCUT2D eigenvalue weighted by atomic mass is 10.1. The van der Waals surface area contributed by atoms with Crippen LogP contribution in [0.4, 0.5) is 0 Å². The van der Waals surface area contributed by atoms with Crippen molar-refractivity contribution in [3.8, 4) is 5.82 Å². The van der Waals surface area contributed by atoms with Crippen LogP contribution in [0.5, 0.6) is 0 Å². The molecule has 2 aromatic rings. The standard InChI is InChI=1S/C11H14N4/c1-8-4-6-15(14-8)11-7-10(9(2)12)3-5-13-11/h3-7,9H,12H2,1-2H3. The van der Waals surface area contributed by atoms with Gasteiger partial charge in [0.1, 0.15) is 0 Å². The predicted octanol–water partition coefficient (Wildman–Crippen LogP) is 1.60. The average molecular weight is 202 g/mol. The minimum atomic E-state index is 0.0170. The maximum absolute atomic E-state index is 5.81. The highest BCUT2D eigenvalue weighted by Gasteiger charge is 2.03. The van der Waals surface area contributed by atoms with Gasteiger partial charge in [-0.1, -0.05) is 0 Å². The molecule has 0 bridgehead atoms. The molecule has 0 spiro atoms. The summed E-state index contributed by atoms with van der Waals surface area (Å²) in [6.07, 6.45) is 3.65. The second-order valence-electron chi connectivity index (χ2n) is 3.64. The molecule has 2 aromatic heterocycles. The van der Waals surface area contributed by atoms with Gasteiger partial charge in [-0.05, 0) is 37.6 Å². The van der Waals surface area contributed by atoms with Gasteiger partial charge in [-0.25, -0.2) is 9.67 Å².